The Kier molecular flexibility index (Phi) is 5.38. The highest BCUT2D eigenvalue weighted by molar-refractivity contribution is 6.12. The van der Waals surface area contributed by atoms with E-state index in [-0.39, 0.29) is 36.0 Å². The van der Waals surface area contributed by atoms with E-state index in [0.29, 0.717) is 5.56 Å². The summed E-state index contributed by atoms with van der Waals surface area (Å²) in [6.45, 7) is 1.86. The molecular formula is C18H18O5. The van der Waals surface area contributed by atoms with Crippen molar-refractivity contribution in [3.63, 3.8) is 0 Å². The molecule has 2 aromatic rings. The van der Waals surface area contributed by atoms with E-state index in [1.807, 2.05) is 0 Å². The molecule has 0 saturated carbocycles. The Labute approximate surface area is 134 Å². The number of hydrogen-bond acceptors (Lipinski definition) is 5. The van der Waals surface area contributed by atoms with E-state index in [1.54, 1.807) is 43.3 Å². The van der Waals surface area contributed by atoms with Crippen LogP contribution in [0.4, 0.5) is 0 Å². The average Bonchev–Trinajstić information content (AvgIpc) is 2.54. The first-order valence-corrected chi connectivity index (χ1v) is 7.08. The lowest BCUT2D eigenvalue weighted by Crippen LogP contribution is -2.03. The van der Waals surface area contributed by atoms with Gasteiger partial charge in [-0.2, -0.15) is 0 Å². The van der Waals surface area contributed by atoms with Crippen LogP contribution in [0.2, 0.25) is 0 Å². The minimum Gasteiger partial charge on any atom is -0.507 e. The number of phenolic OH excluding ortho intramolecular Hbond substituents is 2. The Morgan fingerprint density at radius 1 is 1.13 bits per heavy atom. The normalized spacial score (nSPS) is 11.3. The lowest BCUT2D eigenvalue weighted by molar-refractivity contribution is 0.103. The van der Waals surface area contributed by atoms with Crippen LogP contribution in [-0.4, -0.2) is 34.3 Å². The third kappa shape index (κ3) is 4.11. The molecule has 3 N–H and O–H groups in total. The summed E-state index contributed by atoms with van der Waals surface area (Å²) in [6.07, 6.45) is 1.68. The summed E-state index contributed by atoms with van der Waals surface area (Å²) in [5.74, 6) is -0.941. The van der Waals surface area contributed by atoms with E-state index in [0.717, 1.165) is 5.57 Å². The number of phenols is 2. The van der Waals surface area contributed by atoms with Gasteiger partial charge in [-0.15, -0.1) is 0 Å². The fraction of sp³-hybridized carbons (Fsp3) is 0.167. The van der Waals surface area contributed by atoms with Gasteiger partial charge >= 0.3 is 0 Å². The molecule has 0 aliphatic carbocycles. The maximum Gasteiger partial charge on any atom is 0.200 e. The largest absolute Gasteiger partial charge is 0.507 e. The van der Waals surface area contributed by atoms with Gasteiger partial charge in [-0.25, -0.2) is 0 Å². The van der Waals surface area contributed by atoms with Crippen molar-refractivity contribution in [3.05, 3.63) is 65.2 Å². The summed E-state index contributed by atoms with van der Waals surface area (Å²) in [6, 6.07) is 10.9. The number of aliphatic hydroxyl groups excluding tert-OH is 1. The van der Waals surface area contributed by atoms with E-state index in [2.05, 4.69) is 0 Å². The van der Waals surface area contributed by atoms with E-state index >= 15 is 0 Å². The van der Waals surface area contributed by atoms with Crippen molar-refractivity contribution in [1.29, 1.82) is 0 Å². The number of carbonyl (C=O) groups excluding carboxylic acids is 1. The Morgan fingerprint density at radius 3 is 2.30 bits per heavy atom. The fourth-order valence-corrected chi connectivity index (χ4v) is 1.98. The number of ether oxygens (including phenoxy) is 1. The smallest absolute Gasteiger partial charge is 0.200 e. The van der Waals surface area contributed by atoms with Crippen molar-refractivity contribution in [2.24, 2.45) is 0 Å². The number of benzene rings is 2. The van der Waals surface area contributed by atoms with E-state index in [9.17, 15) is 15.0 Å². The van der Waals surface area contributed by atoms with Crippen molar-refractivity contribution in [1.82, 2.24) is 0 Å². The highest BCUT2D eigenvalue weighted by Crippen LogP contribution is 2.34. The van der Waals surface area contributed by atoms with Gasteiger partial charge in [0.2, 0.25) is 5.78 Å². The summed E-state index contributed by atoms with van der Waals surface area (Å²) in [5, 5.41) is 29.0. The second kappa shape index (κ2) is 7.47. The topological polar surface area (TPSA) is 87.0 Å². The van der Waals surface area contributed by atoms with Crippen LogP contribution in [0.5, 0.6) is 17.2 Å². The monoisotopic (exact) mass is 314 g/mol. The Morgan fingerprint density at radius 2 is 1.74 bits per heavy atom. The molecule has 120 valence electrons. The molecule has 0 heterocycles. The van der Waals surface area contributed by atoms with Crippen LogP contribution in [0.25, 0.3) is 0 Å². The van der Waals surface area contributed by atoms with Gasteiger partial charge in [0.25, 0.3) is 0 Å². The highest BCUT2D eigenvalue weighted by atomic mass is 16.5. The molecule has 0 amide bonds. The SMILES string of the molecule is CC(=CCOc1cc(O)c(C(=O)c2ccccc2)c(O)c1)CO. The number of ketones is 1. The molecule has 0 saturated heterocycles. The lowest BCUT2D eigenvalue weighted by Gasteiger charge is -2.10. The molecular weight excluding hydrogens is 296 g/mol. The zero-order valence-electron chi connectivity index (χ0n) is 12.7. The van der Waals surface area contributed by atoms with Gasteiger partial charge in [-0.3, -0.25) is 4.79 Å². The second-order valence-electron chi connectivity index (χ2n) is 5.05. The fourth-order valence-electron chi connectivity index (χ4n) is 1.98. The molecule has 5 nitrogen and oxygen atoms in total. The Balaban J connectivity index is 2.22. The molecule has 0 aliphatic heterocycles. The van der Waals surface area contributed by atoms with E-state index in [4.69, 9.17) is 9.84 Å². The summed E-state index contributed by atoms with van der Waals surface area (Å²) < 4.78 is 5.36. The van der Waals surface area contributed by atoms with E-state index < -0.39 is 5.78 Å². The average molecular weight is 314 g/mol. The standard InChI is InChI=1S/C18H18O5/c1-12(11-19)7-8-23-14-9-15(20)17(16(21)10-14)18(22)13-5-3-2-4-6-13/h2-7,9-10,19-21H,8,11H2,1H3. The zero-order valence-corrected chi connectivity index (χ0v) is 12.7. The molecule has 0 aliphatic rings. The van der Waals surface area contributed by atoms with Crippen molar-refractivity contribution in [3.8, 4) is 17.2 Å². The molecule has 0 fully saturated rings. The van der Waals surface area contributed by atoms with Crippen molar-refractivity contribution in [2.75, 3.05) is 13.2 Å². The van der Waals surface area contributed by atoms with Crippen LogP contribution < -0.4 is 4.74 Å². The van der Waals surface area contributed by atoms with Gasteiger partial charge in [0, 0.05) is 17.7 Å². The minimum absolute atomic E-state index is 0.0651. The maximum absolute atomic E-state index is 12.3. The molecule has 0 aromatic heterocycles. The predicted octanol–water partition coefficient (Wildman–Crippen LogP) is 2.65. The van der Waals surface area contributed by atoms with Gasteiger partial charge in [-0.1, -0.05) is 30.3 Å². The van der Waals surface area contributed by atoms with Crippen LogP contribution in [0.1, 0.15) is 22.8 Å². The second-order valence-corrected chi connectivity index (χ2v) is 5.05. The molecule has 0 atom stereocenters. The molecule has 0 spiro atoms. The van der Waals surface area contributed by atoms with Gasteiger partial charge in [0.15, 0.2) is 0 Å². The van der Waals surface area contributed by atoms with Gasteiger partial charge < -0.3 is 20.1 Å². The van der Waals surface area contributed by atoms with Crippen LogP contribution in [0.15, 0.2) is 54.1 Å². The lowest BCUT2D eigenvalue weighted by atomic mass is 10.0. The van der Waals surface area contributed by atoms with Gasteiger partial charge in [0.1, 0.15) is 29.4 Å². The minimum atomic E-state index is -0.469. The summed E-state index contributed by atoms with van der Waals surface area (Å²) in [4.78, 5) is 12.3. The van der Waals surface area contributed by atoms with Crippen molar-refractivity contribution >= 4 is 5.78 Å². The van der Waals surface area contributed by atoms with Crippen molar-refractivity contribution < 1.29 is 24.9 Å². The van der Waals surface area contributed by atoms with Crippen LogP contribution in [0.3, 0.4) is 0 Å². The third-order valence-electron chi connectivity index (χ3n) is 3.26. The molecule has 5 heteroatoms. The first kappa shape index (κ1) is 16.6. The molecule has 2 aromatic carbocycles. The molecule has 0 radical (unpaired) electrons. The predicted molar refractivity (Wildman–Crippen MR) is 86.0 cm³/mol. The number of aliphatic hydroxyl groups is 1. The summed E-state index contributed by atoms with van der Waals surface area (Å²) >= 11 is 0. The number of rotatable bonds is 6. The zero-order chi connectivity index (χ0) is 16.8. The first-order chi connectivity index (χ1) is 11.0. The molecule has 0 bridgehead atoms. The summed E-state index contributed by atoms with van der Waals surface area (Å²) in [7, 11) is 0. The van der Waals surface area contributed by atoms with Gasteiger partial charge in [0.05, 0.1) is 6.61 Å². The van der Waals surface area contributed by atoms with E-state index in [1.165, 1.54) is 12.1 Å². The molecule has 23 heavy (non-hydrogen) atoms. The number of carbonyl (C=O) groups is 1. The maximum atomic E-state index is 12.3. The van der Waals surface area contributed by atoms with Crippen LogP contribution in [0, 0.1) is 0 Å². The van der Waals surface area contributed by atoms with Crippen LogP contribution >= 0.6 is 0 Å². The molecule has 0 unspecified atom stereocenters. The highest BCUT2D eigenvalue weighted by Gasteiger charge is 2.19. The van der Waals surface area contributed by atoms with Gasteiger partial charge in [-0.05, 0) is 18.6 Å². The van der Waals surface area contributed by atoms with Crippen LogP contribution in [-0.2, 0) is 0 Å². The number of aromatic hydroxyl groups is 2. The third-order valence-corrected chi connectivity index (χ3v) is 3.26. The quantitative estimate of drug-likeness (QED) is 0.563. The number of hydrogen-bond donors (Lipinski definition) is 3. The summed E-state index contributed by atoms with van der Waals surface area (Å²) in [5.41, 5.74) is 0.952. The van der Waals surface area contributed by atoms with Crippen molar-refractivity contribution in [2.45, 2.75) is 6.92 Å². The Bertz CT molecular complexity index is 696. The first-order valence-electron chi connectivity index (χ1n) is 7.08. The molecule has 2 rings (SSSR count). The Hall–Kier alpha value is -2.79.